The molecule has 108 valence electrons. The second kappa shape index (κ2) is 4.70. The molecule has 0 fully saturated rings. The predicted molar refractivity (Wildman–Crippen MR) is 76.5 cm³/mol. The molecule has 1 aromatic carbocycles. The van der Waals surface area contributed by atoms with Crippen LogP contribution in [0.1, 0.15) is 5.56 Å². The number of nitrogens with zero attached hydrogens (tertiary/aromatic N) is 2. The van der Waals surface area contributed by atoms with E-state index in [0.717, 1.165) is 5.56 Å². The van der Waals surface area contributed by atoms with Crippen molar-refractivity contribution in [1.82, 2.24) is 20.2 Å². The molecule has 8 nitrogen and oxygen atoms in total. The van der Waals surface area contributed by atoms with Gasteiger partial charge in [0.05, 0.1) is 11.2 Å². The van der Waals surface area contributed by atoms with E-state index in [9.17, 15) is 13.2 Å². The Kier molecular flexibility index (Phi) is 2.98. The number of fused-ring (bicyclic) bond motifs is 1. The average Bonchev–Trinajstić information content (AvgIpc) is 2.83. The summed E-state index contributed by atoms with van der Waals surface area (Å²) in [5, 5.41) is 6.35. The van der Waals surface area contributed by atoms with E-state index in [1.807, 2.05) is 6.92 Å². The number of rotatable bonds is 3. The molecule has 0 amide bonds. The Bertz CT molecular complexity index is 956. The lowest BCUT2D eigenvalue weighted by molar-refractivity contribution is 0.601. The van der Waals surface area contributed by atoms with Gasteiger partial charge in [-0.25, -0.2) is 13.4 Å². The minimum atomic E-state index is -3.82. The molecule has 2 heterocycles. The van der Waals surface area contributed by atoms with Crippen molar-refractivity contribution in [2.24, 2.45) is 0 Å². The lowest BCUT2D eigenvalue weighted by atomic mass is 10.2. The minimum Gasteiger partial charge on any atom is -0.312 e. The molecule has 0 bridgehead atoms. The maximum atomic E-state index is 12.3. The first kappa shape index (κ1) is 13.3. The predicted octanol–water partition coefficient (Wildman–Crippen LogP) is 0.755. The average molecular weight is 305 g/mol. The lowest BCUT2D eigenvalue weighted by Gasteiger charge is -2.05. The number of anilines is 1. The van der Waals surface area contributed by atoms with E-state index in [2.05, 4.69) is 24.9 Å². The molecule has 0 unspecified atom stereocenters. The first-order chi connectivity index (χ1) is 9.97. The van der Waals surface area contributed by atoms with Crippen LogP contribution < -0.4 is 10.3 Å². The molecule has 0 radical (unpaired) electrons. The third kappa shape index (κ3) is 2.38. The molecule has 0 aliphatic rings. The fourth-order valence-electron chi connectivity index (χ4n) is 1.85. The molecule has 2 aromatic heterocycles. The fourth-order valence-corrected chi connectivity index (χ4v) is 2.86. The van der Waals surface area contributed by atoms with Crippen LogP contribution in [0.25, 0.3) is 11.0 Å². The van der Waals surface area contributed by atoms with Gasteiger partial charge in [-0.2, -0.15) is 5.10 Å². The first-order valence-corrected chi connectivity index (χ1v) is 7.47. The lowest BCUT2D eigenvalue weighted by Crippen LogP contribution is -2.15. The molecule has 21 heavy (non-hydrogen) atoms. The van der Waals surface area contributed by atoms with Gasteiger partial charge in [0.1, 0.15) is 5.39 Å². The molecule has 3 aromatic rings. The van der Waals surface area contributed by atoms with Gasteiger partial charge in [-0.15, -0.1) is 0 Å². The van der Waals surface area contributed by atoms with Crippen molar-refractivity contribution in [1.29, 1.82) is 0 Å². The molecule has 0 saturated carbocycles. The highest BCUT2D eigenvalue weighted by atomic mass is 32.2. The van der Waals surface area contributed by atoms with Crippen molar-refractivity contribution in [3.05, 3.63) is 46.5 Å². The zero-order chi connectivity index (χ0) is 15.0. The number of nitrogens with one attached hydrogen (secondary N) is 3. The summed E-state index contributed by atoms with van der Waals surface area (Å²) in [6.07, 6.45) is 1.21. The number of aryl methyl sites for hydroxylation is 1. The van der Waals surface area contributed by atoms with Crippen molar-refractivity contribution in [2.75, 3.05) is 4.72 Å². The van der Waals surface area contributed by atoms with Crippen LogP contribution in [0.15, 0.2) is 40.3 Å². The van der Waals surface area contributed by atoms with Crippen LogP contribution in [0.4, 0.5) is 5.82 Å². The number of H-pyrrole nitrogens is 2. The fraction of sp³-hybridized carbons (Fsp3) is 0.0833. The summed E-state index contributed by atoms with van der Waals surface area (Å²) in [5.74, 6) is -0.0834. The van der Waals surface area contributed by atoms with Crippen LogP contribution in [0.3, 0.4) is 0 Å². The van der Waals surface area contributed by atoms with Gasteiger partial charge in [-0.05, 0) is 19.1 Å². The standard InChI is InChI=1S/C12H11N5O3S/c1-7-2-4-8(5-3-7)21(19,20)17-11-9-10(15-16-11)13-6-14-12(9)18/h2-6H,1H3,(H3,13,14,15,16,17,18). The van der Waals surface area contributed by atoms with Gasteiger partial charge < -0.3 is 4.98 Å². The van der Waals surface area contributed by atoms with E-state index >= 15 is 0 Å². The summed E-state index contributed by atoms with van der Waals surface area (Å²) in [6.45, 7) is 1.86. The van der Waals surface area contributed by atoms with E-state index in [1.54, 1.807) is 12.1 Å². The van der Waals surface area contributed by atoms with E-state index in [4.69, 9.17) is 0 Å². The van der Waals surface area contributed by atoms with Gasteiger partial charge in [0.25, 0.3) is 15.6 Å². The van der Waals surface area contributed by atoms with Crippen LogP contribution in [0.2, 0.25) is 0 Å². The topological polar surface area (TPSA) is 121 Å². The number of hydrogen-bond donors (Lipinski definition) is 3. The van der Waals surface area contributed by atoms with Gasteiger partial charge >= 0.3 is 0 Å². The van der Waals surface area contributed by atoms with Crippen LogP contribution in [-0.4, -0.2) is 28.6 Å². The highest BCUT2D eigenvalue weighted by molar-refractivity contribution is 7.92. The van der Waals surface area contributed by atoms with Crippen LogP contribution in [0, 0.1) is 6.92 Å². The quantitative estimate of drug-likeness (QED) is 0.659. The Morgan fingerprint density at radius 3 is 2.62 bits per heavy atom. The second-order valence-corrected chi connectivity index (χ2v) is 6.13. The SMILES string of the molecule is Cc1ccc(S(=O)(=O)Nc2n[nH]c3nc[nH]c(=O)c23)cc1. The summed E-state index contributed by atoms with van der Waals surface area (Å²) in [6, 6.07) is 6.33. The molecule has 0 atom stereocenters. The Morgan fingerprint density at radius 1 is 1.19 bits per heavy atom. The Labute approximate surface area is 119 Å². The summed E-state index contributed by atoms with van der Waals surface area (Å²) >= 11 is 0. The van der Waals surface area contributed by atoms with Crippen LogP contribution >= 0.6 is 0 Å². The van der Waals surface area contributed by atoms with E-state index in [1.165, 1.54) is 18.5 Å². The zero-order valence-electron chi connectivity index (χ0n) is 10.9. The largest absolute Gasteiger partial charge is 0.312 e. The van der Waals surface area contributed by atoms with E-state index in [-0.39, 0.29) is 21.7 Å². The van der Waals surface area contributed by atoms with Crippen molar-refractivity contribution in [3.63, 3.8) is 0 Å². The Morgan fingerprint density at radius 2 is 1.90 bits per heavy atom. The van der Waals surface area contributed by atoms with Crippen LogP contribution in [-0.2, 0) is 10.0 Å². The number of aromatic amines is 2. The third-order valence-electron chi connectivity index (χ3n) is 2.93. The normalized spacial score (nSPS) is 11.7. The molecule has 3 rings (SSSR count). The maximum absolute atomic E-state index is 12.3. The van der Waals surface area contributed by atoms with Gasteiger partial charge in [0, 0.05) is 0 Å². The Balaban J connectivity index is 2.05. The summed E-state index contributed by atoms with van der Waals surface area (Å²) < 4.78 is 26.8. The number of benzene rings is 1. The van der Waals surface area contributed by atoms with Gasteiger partial charge in [-0.1, -0.05) is 17.7 Å². The monoisotopic (exact) mass is 305 g/mol. The van der Waals surface area contributed by atoms with Gasteiger partial charge in [-0.3, -0.25) is 14.6 Å². The molecule has 0 aliphatic heterocycles. The molecule has 0 saturated heterocycles. The number of aromatic nitrogens is 4. The van der Waals surface area contributed by atoms with E-state index < -0.39 is 15.6 Å². The summed E-state index contributed by atoms with van der Waals surface area (Å²) in [7, 11) is -3.82. The maximum Gasteiger partial charge on any atom is 0.264 e. The van der Waals surface area contributed by atoms with Gasteiger partial charge in [0.15, 0.2) is 11.5 Å². The molecular formula is C12H11N5O3S. The minimum absolute atomic E-state index is 0.0631. The summed E-state index contributed by atoms with van der Waals surface area (Å²) in [5.41, 5.74) is 0.676. The third-order valence-corrected chi connectivity index (χ3v) is 4.28. The molecular weight excluding hydrogens is 294 g/mol. The zero-order valence-corrected chi connectivity index (χ0v) is 11.7. The van der Waals surface area contributed by atoms with Crippen molar-refractivity contribution >= 4 is 26.9 Å². The highest BCUT2D eigenvalue weighted by Crippen LogP contribution is 2.19. The van der Waals surface area contributed by atoms with Gasteiger partial charge in [0.2, 0.25) is 0 Å². The molecule has 3 N–H and O–H groups in total. The van der Waals surface area contributed by atoms with Crippen molar-refractivity contribution in [3.8, 4) is 0 Å². The summed E-state index contributed by atoms with van der Waals surface area (Å²) in [4.78, 5) is 18.1. The van der Waals surface area contributed by atoms with Crippen molar-refractivity contribution in [2.45, 2.75) is 11.8 Å². The Hall–Kier alpha value is -2.68. The first-order valence-electron chi connectivity index (χ1n) is 5.98. The van der Waals surface area contributed by atoms with Crippen molar-refractivity contribution < 1.29 is 8.42 Å². The number of sulfonamides is 1. The molecule has 9 heteroatoms. The van der Waals surface area contributed by atoms with E-state index in [0.29, 0.717) is 0 Å². The highest BCUT2D eigenvalue weighted by Gasteiger charge is 2.19. The molecule has 0 spiro atoms. The smallest absolute Gasteiger partial charge is 0.264 e. The molecule has 0 aliphatic carbocycles. The second-order valence-electron chi connectivity index (χ2n) is 4.45. The van der Waals surface area contributed by atoms with Crippen LogP contribution in [0.5, 0.6) is 0 Å². The number of hydrogen-bond acceptors (Lipinski definition) is 5.